The summed E-state index contributed by atoms with van der Waals surface area (Å²) in [7, 11) is 0. The SMILES string of the molecule is CC(/C=N\NC(=O)c1ccc(Br)cc1O)=C/c1ccc(C(C)C)cc1. The Labute approximate surface area is 156 Å². The molecule has 0 unspecified atom stereocenters. The minimum Gasteiger partial charge on any atom is -0.507 e. The van der Waals surface area contributed by atoms with Crippen LogP contribution in [0.2, 0.25) is 0 Å². The van der Waals surface area contributed by atoms with Crippen molar-refractivity contribution in [1.82, 2.24) is 5.43 Å². The molecule has 2 rings (SSSR count). The van der Waals surface area contributed by atoms with Gasteiger partial charge in [-0.3, -0.25) is 4.79 Å². The van der Waals surface area contributed by atoms with Crippen molar-refractivity contribution in [3.63, 3.8) is 0 Å². The monoisotopic (exact) mass is 400 g/mol. The summed E-state index contributed by atoms with van der Waals surface area (Å²) in [5.74, 6) is -0.0548. The number of hydrazone groups is 1. The number of amides is 1. The largest absolute Gasteiger partial charge is 0.507 e. The number of aromatic hydroxyl groups is 1. The quantitative estimate of drug-likeness (QED) is 0.541. The Morgan fingerprint density at radius 2 is 1.88 bits per heavy atom. The van der Waals surface area contributed by atoms with E-state index in [4.69, 9.17) is 0 Å². The van der Waals surface area contributed by atoms with Gasteiger partial charge in [0, 0.05) is 4.47 Å². The second kappa shape index (κ2) is 8.62. The van der Waals surface area contributed by atoms with Gasteiger partial charge in [0.1, 0.15) is 5.75 Å². The van der Waals surface area contributed by atoms with E-state index in [0.717, 1.165) is 11.1 Å². The number of hydrogen-bond acceptors (Lipinski definition) is 3. The highest BCUT2D eigenvalue weighted by atomic mass is 79.9. The molecule has 25 heavy (non-hydrogen) atoms. The molecule has 0 saturated heterocycles. The van der Waals surface area contributed by atoms with Gasteiger partial charge in [0.2, 0.25) is 0 Å². The minimum absolute atomic E-state index is 0.0976. The lowest BCUT2D eigenvalue weighted by molar-refractivity contribution is 0.0952. The van der Waals surface area contributed by atoms with Crippen LogP contribution in [0.3, 0.4) is 0 Å². The highest BCUT2D eigenvalue weighted by Crippen LogP contribution is 2.22. The topological polar surface area (TPSA) is 61.7 Å². The first kappa shape index (κ1) is 18.9. The lowest BCUT2D eigenvalue weighted by Gasteiger charge is -2.05. The fraction of sp³-hybridized carbons (Fsp3) is 0.200. The van der Waals surface area contributed by atoms with E-state index in [1.807, 2.05) is 13.0 Å². The second-order valence-corrected chi connectivity index (χ2v) is 6.99. The van der Waals surface area contributed by atoms with Crippen LogP contribution < -0.4 is 5.43 Å². The molecule has 0 spiro atoms. The highest BCUT2D eigenvalue weighted by Gasteiger charge is 2.10. The van der Waals surface area contributed by atoms with Crippen LogP contribution in [-0.2, 0) is 0 Å². The maximum Gasteiger partial charge on any atom is 0.275 e. The number of allylic oxidation sites excluding steroid dienone is 1. The van der Waals surface area contributed by atoms with E-state index in [9.17, 15) is 9.90 Å². The Bertz CT molecular complexity index is 809. The molecule has 2 aromatic rings. The van der Waals surface area contributed by atoms with E-state index in [1.54, 1.807) is 12.3 Å². The zero-order valence-electron chi connectivity index (χ0n) is 14.5. The molecule has 0 heterocycles. The fourth-order valence-electron chi connectivity index (χ4n) is 2.23. The Morgan fingerprint density at radius 3 is 2.48 bits per heavy atom. The summed E-state index contributed by atoms with van der Waals surface area (Å²) in [5, 5.41) is 13.7. The predicted molar refractivity (Wildman–Crippen MR) is 106 cm³/mol. The molecule has 0 aliphatic heterocycles. The van der Waals surface area contributed by atoms with Crippen LogP contribution in [0.5, 0.6) is 5.75 Å². The van der Waals surface area contributed by atoms with E-state index >= 15 is 0 Å². The van der Waals surface area contributed by atoms with Gasteiger partial charge in [-0.25, -0.2) is 5.43 Å². The first-order chi connectivity index (χ1) is 11.9. The van der Waals surface area contributed by atoms with Gasteiger partial charge in [0.15, 0.2) is 0 Å². The molecule has 0 aromatic heterocycles. The summed E-state index contributed by atoms with van der Waals surface area (Å²) < 4.78 is 0.701. The Hall–Kier alpha value is -2.40. The summed E-state index contributed by atoms with van der Waals surface area (Å²) >= 11 is 3.23. The molecule has 5 heteroatoms. The standard InChI is InChI=1S/C20H21BrN2O2/c1-13(2)16-6-4-15(5-7-16)10-14(3)12-22-23-20(25)18-9-8-17(21)11-19(18)24/h4-13,24H,1-3H3,(H,23,25)/b14-10-,22-12-. The summed E-state index contributed by atoms with van der Waals surface area (Å²) in [6, 6.07) is 13.0. The number of halogens is 1. The number of nitrogens with zero attached hydrogens (tertiary/aromatic N) is 1. The molecule has 0 saturated carbocycles. The van der Waals surface area contributed by atoms with Gasteiger partial charge in [-0.1, -0.05) is 60.1 Å². The third kappa shape index (κ3) is 5.57. The number of carbonyl (C=O) groups excluding carboxylic acids is 1. The zero-order valence-corrected chi connectivity index (χ0v) is 16.0. The molecule has 130 valence electrons. The Balaban J connectivity index is 1.99. The Kier molecular flexibility index (Phi) is 6.53. The van der Waals surface area contributed by atoms with E-state index in [1.165, 1.54) is 17.7 Å². The van der Waals surface area contributed by atoms with Crippen molar-refractivity contribution >= 4 is 34.1 Å². The fourth-order valence-corrected chi connectivity index (χ4v) is 2.58. The van der Waals surface area contributed by atoms with Crippen molar-refractivity contribution in [3.8, 4) is 5.75 Å². The van der Waals surface area contributed by atoms with Gasteiger partial charge < -0.3 is 5.11 Å². The minimum atomic E-state index is -0.463. The van der Waals surface area contributed by atoms with Crippen molar-refractivity contribution in [3.05, 3.63) is 69.2 Å². The van der Waals surface area contributed by atoms with Crippen LogP contribution in [-0.4, -0.2) is 17.2 Å². The Morgan fingerprint density at radius 1 is 1.20 bits per heavy atom. The lowest BCUT2D eigenvalue weighted by atomic mass is 10.0. The maximum atomic E-state index is 12.0. The molecule has 2 N–H and O–H groups in total. The first-order valence-corrected chi connectivity index (χ1v) is 8.76. The molecule has 0 bridgehead atoms. The molecule has 0 aliphatic carbocycles. The molecule has 0 aliphatic rings. The van der Waals surface area contributed by atoms with E-state index < -0.39 is 5.91 Å². The van der Waals surface area contributed by atoms with E-state index in [2.05, 4.69) is 64.6 Å². The lowest BCUT2D eigenvalue weighted by Crippen LogP contribution is -2.17. The second-order valence-electron chi connectivity index (χ2n) is 6.07. The first-order valence-electron chi connectivity index (χ1n) is 7.97. The molecule has 0 fully saturated rings. The van der Waals surface area contributed by atoms with Crippen molar-refractivity contribution in [2.75, 3.05) is 0 Å². The maximum absolute atomic E-state index is 12.0. The smallest absolute Gasteiger partial charge is 0.275 e. The average Bonchev–Trinajstić information content (AvgIpc) is 2.55. The van der Waals surface area contributed by atoms with Crippen molar-refractivity contribution in [2.24, 2.45) is 5.10 Å². The van der Waals surface area contributed by atoms with Crippen LogP contribution in [0.15, 0.2) is 57.6 Å². The number of rotatable bonds is 5. The molecule has 1 amide bonds. The molecular weight excluding hydrogens is 380 g/mol. The molecule has 0 radical (unpaired) electrons. The van der Waals surface area contributed by atoms with Crippen LogP contribution in [0.1, 0.15) is 48.2 Å². The zero-order chi connectivity index (χ0) is 18.4. The van der Waals surface area contributed by atoms with E-state index in [-0.39, 0.29) is 11.3 Å². The summed E-state index contributed by atoms with van der Waals surface area (Å²) in [6.45, 7) is 6.23. The number of benzene rings is 2. The number of phenolic OH excluding ortho intramolecular Hbond substituents is 1. The number of nitrogens with one attached hydrogen (secondary N) is 1. The van der Waals surface area contributed by atoms with Crippen LogP contribution >= 0.6 is 15.9 Å². The molecule has 4 nitrogen and oxygen atoms in total. The van der Waals surface area contributed by atoms with Gasteiger partial charge in [0.25, 0.3) is 5.91 Å². The van der Waals surface area contributed by atoms with Crippen molar-refractivity contribution < 1.29 is 9.90 Å². The van der Waals surface area contributed by atoms with Gasteiger partial charge in [-0.15, -0.1) is 0 Å². The third-order valence-corrected chi connectivity index (χ3v) is 4.13. The van der Waals surface area contributed by atoms with Crippen molar-refractivity contribution in [2.45, 2.75) is 26.7 Å². The van der Waals surface area contributed by atoms with E-state index in [0.29, 0.717) is 10.4 Å². The number of hydrogen-bond donors (Lipinski definition) is 2. The average molecular weight is 401 g/mol. The molecule has 2 aromatic carbocycles. The van der Waals surface area contributed by atoms with Crippen LogP contribution in [0.4, 0.5) is 0 Å². The van der Waals surface area contributed by atoms with Gasteiger partial charge in [-0.2, -0.15) is 5.10 Å². The number of carbonyl (C=O) groups is 1. The summed E-state index contributed by atoms with van der Waals surface area (Å²) in [5.41, 5.74) is 5.86. The van der Waals surface area contributed by atoms with Gasteiger partial charge in [-0.05, 0) is 47.7 Å². The number of phenols is 1. The van der Waals surface area contributed by atoms with Gasteiger partial charge in [0.05, 0.1) is 11.8 Å². The molecular formula is C20H21BrN2O2. The normalized spacial score (nSPS) is 12.0. The highest BCUT2D eigenvalue weighted by molar-refractivity contribution is 9.10. The predicted octanol–water partition coefficient (Wildman–Crippen LogP) is 5.10. The summed E-state index contributed by atoms with van der Waals surface area (Å²) in [6.07, 6.45) is 3.56. The third-order valence-electron chi connectivity index (χ3n) is 3.64. The van der Waals surface area contributed by atoms with Crippen molar-refractivity contribution in [1.29, 1.82) is 0 Å². The van der Waals surface area contributed by atoms with Crippen LogP contribution in [0, 0.1) is 0 Å². The van der Waals surface area contributed by atoms with Gasteiger partial charge >= 0.3 is 0 Å². The molecule has 0 atom stereocenters. The van der Waals surface area contributed by atoms with Crippen LogP contribution in [0.25, 0.3) is 6.08 Å². The summed E-state index contributed by atoms with van der Waals surface area (Å²) in [4.78, 5) is 12.0.